The summed E-state index contributed by atoms with van der Waals surface area (Å²) in [6, 6.07) is 0. The van der Waals surface area contributed by atoms with E-state index < -0.39 is 10.0 Å². The van der Waals surface area contributed by atoms with E-state index in [1.807, 2.05) is 20.0 Å². The summed E-state index contributed by atoms with van der Waals surface area (Å²) in [6.45, 7) is 6.78. The van der Waals surface area contributed by atoms with Gasteiger partial charge in [-0.1, -0.05) is 0 Å². The molecule has 1 aromatic rings. The van der Waals surface area contributed by atoms with Gasteiger partial charge in [-0.25, -0.2) is 22.7 Å². The van der Waals surface area contributed by atoms with Crippen LogP contribution in [0, 0.1) is 6.92 Å². The summed E-state index contributed by atoms with van der Waals surface area (Å²) in [5, 5.41) is 7.17. The molecule has 1 fully saturated rings. The van der Waals surface area contributed by atoms with Gasteiger partial charge in [0.2, 0.25) is 10.0 Å². The second-order valence-electron chi connectivity index (χ2n) is 5.31. The predicted molar refractivity (Wildman–Crippen MR) is 102 cm³/mol. The molecule has 7 nitrogen and oxygen atoms in total. The second kappa shape index (κ2) is 9.59. The lowest BCUT2D eigenvalue weighted by Gasteiger charge is -2.25. The largest absolute Gasteiger partial charge is 0.357 e. The molecule has 0 aromatic carbocycles. The fourth-order valence-electron chi connectivity index (χ4n) is 2.22. The summed E-state index contributed by atoms with van der Waals surface area (Å²) >= 11 is 3.42. The maximum Gasteiger partial charge on any atom is 0.215 e. The molecular formula is C14H25N5O2S3. The number of thiazole rings is 1. The van der Waals surface area contributed by atoms with E-state index >= 15 is 0 Å². The van der Waals surface area contributed by atoms with Crippen LogP contribution < -0.4 is 10.6 Å². The van der Waals surface area contributed by atoms with Crippen LogP contribution in [-0.4, -0.2) is 67.1 Å². The lowest BCUT2D eigenvalue weighted by atomic mass is 10.6. The molecule has 2 N–H and O–H groups in total. The summed E-state index contributed by atoms with van der Waals surface area (Å²) in [6.07, 6.45) is 1.83. The van der Waals surface area contributed by atoms with E-state index in [1.54, 1.807) is 27.4 Å². The SMILES string of the molecule is CCNC(=NCc1ncc(C)s1)NCCS(=O)(=O)N1CCSCC1. The first-order valence-corrected chi connectivity index (χ1v) is 11.6. The Morgan fingerprint density at radius 3 is 2.75 bits per heavy atom. The zero-order chi connectivity index (χ0) is 17.4. The number of guanidine groups is 1. The molecule has 0 amide bonds. The second-order valence-corrected chi connectivity index (χ2v) is 9.95. The van der Waals surface area contributed by atoms with Crippen LogP contribution in [0.15, 0.2) is 11.2 Å². The maximum atomic E-state index is 12.3. The summed E-state index contributed by atoms with van der Waals surface area (Å²) in [5.74, 6) is 2.46. The highest BCUT2D eigenvalue weighted by atomic mass is 32.2. The van der Waals surface area contributed by atoms with Crippen molar-refractivity contribution in [3.8, 4) is 0 Å². The Balaban J connectivity index is 1.84. The van der Waals surface area contributed by atoms with Crippen LogP contribution in [0.5, 0.6) is 0 Å². The number of aryl methyl sites for hydroxylation is 1. The molecule has 0 atom stereocenters. The van der Waals surface area contributed by atoms with Crippen molar-refractivity contribution in [2.24, 2.45) is 4.99 Å². The molecule has 2 heterocycles. The molecule has 0 saturated carbocycles. The number of thioether (sulfide) groups is 1. The third kappa shape index (κ3) is 6.23. The minimum absolute atomic E-state index is 0.0818. The van der Waals surface area contributed by atoms with Gasteiger partial charge >= 0.3 is 0 Å². The Hall–Kier alpha value is -0.840. The molecule has 1 saturated heterocycles. The highest BCUT2D eigenvalue weighted by molar-refractivity contribution is 7.99. The van der Waals surface area contributed by atoms with Gasteiger partial charge in [-0.05, 0) is 13.8 Å². The lowest BCUT2D eigenvalue weighted by Crippen LogP contribution is -2.44. The van der Waals surface area contributed by atoms with Crippen LogP contribution >= 0.6 is 23.1 Å². The number of aromatic nitrogens is 1. The van der Waals surface area contributed by atoms with Gasteiger partial charge in [0.05, 0.1) is 12.3 Å². The van der Waals surface area contributed by atoms with Gasteiger partial charge in [-0.2, -0.15) is 11.8 Å². The van der Waals surface area contributed by atoms with Crippen LogP contribution in [-0.2, 0) is 16.6 Å². The minimum atomic E-state index is -3.19. The summed E-state index contributed by atoms with van der Waals surface area (Å²) in [7, 11) is -3.19. The van der Waals surface area contributed by atoms with Gasteiger partial charge in [-0.15, -0.1) is 11.3 Å². The number of nitrogens with one attached hydrogen (secondary N) is 2. The summed E-state index contributed by atoms with van der Waals surface area (Å²) in [5.41, 5.74) is 0. The average molecular weight is 392 g/mol. The zero-order valence-electron chi connectivity index (χ0n) is 14.1. The Morgan fingerprint density at radius 1 is 1.38 bits per heavy atom. The van der Waals surface area contributed by atoms with Crippen LogP contribution in [0.4, 0.5) is 0 Å². The number of nitrogens with zero attached hydrogens (tertiary/aromatic N) is 3. The molecule has 0 bridgehead atoms. The average Bonchev–Trinajstić information content (AvgIpc) is 2.99. The Labute approximate surface area is 152 Å². The van der Waals surface area contributed by atoms with Gasteiger partial charge in [-0.3, -0.25) is 0 Å². The van der Waals surface area contributed by atoms with E-state index in [-0.39, 0.29) is 5.75 Å². The highest BCUT2D eigenvalue weighted by Gasteiger charge is 2.23. The minimum Gasteiger partial charge on any atom is -0.357 e. The van der Waals surface area contributed by atoms with Crippen molar-refractivity contribution in [3.63, 3.8) is 0 Å². The van der Waals surface area contributed by atoms with Crippen LogP contribution in [0.2, 0.25) is 0 Å². The van der Waals surface area contributed by atoms with Gasteiger partial charge in [0.25, 0.3) is 0 Å². The molecule has 1 aliphatic rings. The normalized spacial score (nSPS) is 17.0. The first-order valence-electron chi connectivity index (χ1n) is 8.00. The number of sulfonamides is 1. The standard InChI is InChI=1S/C14H25N5O2S3/c1-3-15-14(18-11-13-17-10-12(2)23-13)16-4-9-24(20,21)19-5-7-22-8-6-19/h10H,3-9,11H2,1-2H3,(H2,15,16,18). The van der Waals surface area contributed by atoms with Crippen molar-refractivity contribution in [1.29, 1.82) is 0 Å². The molecular weight excluding hydrogens is 366 g/mol. The number of hydrogen-bond donors (Lipinski definition) is 2. The molecule has 0 spiro atoms. The molecule has 24 heavy (non-hydrogen) atoms. The number of rotatable bonds is 7. The van der Waals surface area contributed by atoms with E-state index in [0.29, 0.717) is 32.1 Å². The van der Waals surface area contributed by atoms with Gasteiger partial charge in [0, 0.05) is 48.8 Å². The van der Waals surface area contributed by atoms with Gasteiger partial charge < -0.3 is 10.6 Å². The van der Waals surface area contributed by atoms with Gasteiger partial charge in [0.15, 0.2) is 5.96 Å². The maximum absolute atomic E-state index is 12.3. The van der Waals surface area contributed by atoms with Crippen molar-refractivity contribution in [3.05, 3.63) is 16.1 Å². The smallest absolute Gasteiger partial charge is 0.215 e. The topological polar surface area (TPSA) is 86.7 Å². The van der Waals surface area contributed by atoms with Crippen molar-refractivity contribution >= 4 is 39.1 Å². The number of aliphatic imine (C=N–C) groups is 1. The molecule has 0 radical (unpaired) electrons. The van der Waals surface area contributed by atoms with Crippen molar-refractivity contribution in [1.82, 2.24) is 19.9 Å². The van der Waals surface area contributed by atoms with Crippen molar-refractivity contribution < 1.29 is 8.42 Å². The third-order valence-corrected chi connectivity index (χ3v) is 7.11. The lowest BCUT2D eigenvalue weighted by molar-refractivity contribution is 0.443. The summed E-state index contributed by atoms with van der Waals surface area (Å²) in [4.78, 5) is 9.90. The Kier molecular flexibility index (Phi) is 7.79. The Morgan fingerprint density at radius 2 is 2.12 bits per heavy atom. The first kappa shape index (κ1) is 19.5. The van der Waals surface area contributed by atoms with E-state index in [2.05, 4.69) is 20.6 Å². The third-order valence-electron chi connectivity index (χ3n) is 3.40. The zero-order valence-corrected chi connectivity index (χ0v) is 16.6. The monoisotopic (exact) mass is 391 g/mol. The van der Waals surface area contributed by atoms with E-state index in [1.165, 1.54) is 0 Å². The van der Waals surface area contributed by atoms with Crippen LogP contribution in [0.25, 0.3) is 0 Å². The molecule has 0 unspecified atom stereocenters. The molecule has 0 aliphatic carbocycles. The number of hydrogen-bond acceptors (Lipinski definition) is 6. The molecule has 136 valence electrons. The molecule has 2 rings (SSSR count). The van der Waals surface area contributed by atoms with Crippen molar-refractivity contribution in [2.75, 3.05) is 43.4 Å². The fourth-order valence-corrected chi connectivity index (χ4v) is 5.42. The van der Waals surface area contributed by atoms with E-state index in [0.717, 1.165) is 27.9 Å². The van der Waals surface area contributed by atoms with Crippen LogP contribution in [0.1, 0.15) is 16.8 Å². The van der Waals surface area contributed by atoms with E-state index in [9.17, 15) is 8.42 Å². The van der Waals surface area contributed by atoms with E-state index in [4.69, 9.17) is 0 Å². The Bertz CT molecular complexity index is 639. The van der Waals surface area contributed by atoms with Gasteiger partial charge in [0.1, 0.15) is 5.01 Å². The predicted octanol–water partition coefficient (Wildman–Crippen LogP) is 0.885. The van der Waals surface area contributed by atoms with Crippen molar-refractivity contribution in [2.45, 2.75) is 20.4 Å². The fraction of sp³-hybridized carbons (Fsp3) is 0.714. The molecule has 1 aromatic heterocycles. The first-order chi connectivity index (χ1) is 11.5. The summed E-state index contributed by atoms with van der Waals surface area (Å²) < 4.78 is 26.2. The quantitative estimate of drug-likeness (QED) is 0.530. The molecule has 10 heteroatoms. The van der Waals surface area contributed by atoms with Crippen LogP contribution in [0.3, 0.4) is 0 Å². The highest BCUT2D eigenvalue weighted by Crippen LogP contribution is 2.13. The molecule has 1 aliphatic heterocycles.